The highest BCUT2D eigenvalue weighted by Crippen LogP contribution is 2.54. The summed E-state index contributed by atoms with van der Waals surface area (Å²) in [7, 11) is 12.4. The molecule has 5 heteroatoms. The van der Waals surface area contributed by atoms with Crippen LogP contribution in [0, 0.1) is 0 Å². The van der Waals surface area contributed by atoms with E-state index in [9.17, 15) is 0 Å². The third kappa shape index (κ3) is 3.42. The first kappa shape index (κ1) is 20.6. The molecule has 1 heterocycles. The predicted octanol–water partition coefficient (Wildman–Crippen LogP) is 5.21. The molecule has 1 aliphatic rings. The SMILES string of the molecule is CN(C)c1ccc(C2(c3ccc(N(C)C)cc3)OSc3cc(N(C)C)ccc32)cc1. The molecule has 0 saturated heterocycles. The first-order valence-electron chi connectivity index (χ1n) is 10.1. The second-order valence-electron chi connectivity index (χ2n) is 8.31. The Morgan fingerprint density at radius 3 is 1.47 bits per heavy atom. The molecule has 30 heavy (non-hydrogen) atoms. The van der Waals surface area contributed by atoms with E-state index in [0.717, 1.165) is 16.0 Å². The van der Waals surface area contributed by atoms with Gasteiger partial charge in [0.15, 0.2) is 5.60 Å². The van der Waals surface area contributed by atoms with Gasteiger partial charge in [-0.25, -0.2) is 0 Å². The molecule has 0 N–H and O–H groups in total. The lowest BCUT2D eigenvalue weighted by molar-refractivity contribution is 0.205. The molecule has 3 aromatic rings. The minimum atomic E-state index is -0.638. The van der Waals surface area contributed by atoms with Crippen molar-refractivity contribution in [3.63, 3.8) is 0 Å². The van der Waals surface area contributed by atoms with E-state index in [-0.39, 0.29) is 0 Å². The quantitative estimate of drug-likeness (QED) is 0.527. The van der Waals surface area contributed by atoms with Gasteiger partial charge in [0.05, 0.1) is 0 Å². The fraction of sp³-hybridized carbons (Fsp3) is 0.280. The van der Waals surface area contributed by atoms with Crippen LogP contribution in [0.25, 0.3) is 0 Å². The van der Waals surface area contributed by atoms with Crippen molar-refractivity contribution in [2.24, 2.45) is 0 Å². The number of nitrogens with zero attached hydrogens (tertiary/aromatic N) is 3. The summed E-state index contributed by atoms with van der Waals surface area (Å²) in [6.45, 7) is 0. The molecule has 0 unspecified atom stereocenters. The van der Waals surface area contributed by atoms with Gasteiger partial charge in [0.2, 0.25) is 0 Å². The molecule has 4 nitrogen and oxygen atoms in total. The summed E-state index contributed by atoms with van der Waals surface area (Å²) in [5, 5.41) is 0. The Hall–Kier alpha value is -2.63. The van der Waals surface area contributed by atoms with E-state index in [4.69, 9.17) is 4.18 Å². The van der Waals surface area contributed by atoms with Crippen LogP contribution in [0.2, 0.25) is 0 Å². The number of hydrogen-bond donors (Lipinski definition) is 0. The van der Waals surface area contributed by atoms with Crippen molar-refractivity contribution in [1.82, 2.24) is 0 Å². The summed E-state index contributed by atoms with van der Waals surface area (Å²) >= 11 is 1.47. The highest BCUT2D eigenvalue weighted by atomic mass is 32.2. The zero-order valence-corrected chi connectivity index (χ0v) is 19.3. The van der Waals surface area contributed by atoms with E-state index in [1.807, 2.05) is 0 Å². The summed E-state index contributed by atoms with van der Waals surface area (Å²) in [5.41, 5.74) is 6.33. The molecule has 0 amide bonds. The topological polar surface area (TPSA) is 19.0 Å². The lowest BCUT2D eigenvalue weighted by atomic mass is 9.80. The molecular formula is C25H29N3OS. The summed E-state index contributed by atoms with van der Waals surface area (Å²) < 4.78 is 6.59. The van der Waals surface area contributed by atoms with Gasteiger partial charge in [0, 0.05) is 81.8 Å². The molecule has 0 fully saturated rings. The number of rotatable bonds is 5. The first-order valence-corrected chi connectivity index (χ1v) is 10.8. The van der Waals surface area contributed by atoms with Gasteiger partial charge in [-0.1, -0.05) is 30.3 Å². The Bertz CT molecular complexity index is 976. The average Bonchev–Trinajstić information content (AvgIpc) is 3.13. The predicted molar refractivity (Wildman–Crippen MR) is 129 cm³/mol. The molecular weight excluding hydrogens is 390 g/mol. The standard InChI is InChI=1S/C25H29N3OS/c1-26(2)20-11-7-18(8-12-20)25(19-9-13-21(14-10-19)27(3)4)23-16-15-22(28(5)6)17-24(23)30-29-25/h7-17H,1-6H3. The van der Waals surface area contributed by atoms with Gasteiger partial charge in [-0.3, -0.25) is 4.18 Å². The largest absolute Gasteiger partial charge is 0.378 e. The molecule has 0 aliphatic carbocycles. The Kier molecular flexibility index (Phi) is 5.43. The monoisotopic (exact) mass is 419 g/mol. The van der Waals surface area contributed by atoms with Crippen LogP contribution in [-0.2, 0) is 9.78 Å². The highest BCUT2D eigenvalue weighted by Gasteiger charge is 2.45. The van der Waals surface area contributed by atoms with Crippen LogP contribution in [-0.4, -0.2) is 42.3 Å². The summed E-state index contributed by atoms with van der Waals surface area (Å²) in [6, 6.07) is 24.0. The second kappa shape index (κ2) is 7.89. The van der Waals surface area contributed by atoms with Gasteiger partial charge in [-0.15, -0.1) is 0 Å². The van der Waals surface area contributed by atoms with Crippen LogP contribution in [0.15, 0.2) is 71.6 Å². The molecule has 156 valence electrons. The molecule has 0 radical (unpaired) electrons. The normalized spacial score (nSPS) is 14.3. The molecule has 0 saturated carbocycles. The van der Waals surface area contributed by atoms with Crippen LogP contribution < -0.4 is 14.7 Å². The summed E-state index contributed by atoms with van der Waals surface area (Å²) in [5.74, 6) is 0. The van der Waals surface area contributed by atoms with E-state index < -0.39 is 5.60 Å². The minimum absolute atomic E-state index is 0.638. The van der Waals surface area contributed by atoms with Crippen molar-refractivity contribution < 1.29 is 4.18 Å². The van der Waals surface area contributed by atoms with Crippen molar-refractivity contribution >= 4 is 29.1 Å². The van der Waals surface area contributed by atoms with Crippen LogP contribution >= 0.6 is 12.0 Å². The van der Waals surface area contributed by atoms with E-state index in [1.54, 1.807) is 0 Å². The Labute approximate surface area is 184 Å². The van der Waals surface area contributed by atoms with Gasteiger partial charge >= 0.3 is 0 Å². The third-order valence-electron chi connectivity index (χ3n) is 5.70. The number of fused-ring (bicyclic) bond motifs is 1. The van der Waals surface area contributed by atoms with E-state index in [0.29, 0.717) is 0 Å². The molecule has 1 aliphatic heterocycles. The summed E-state index contributed by atoms with van der Waals surface area (Å²) in [6.07, 6.45) is 0. The van der Waals surface area contributed by atoms with Gasteiger partial charge < -0.3 is 14.7 Å². The van der Waals surface area contributed by atoms with Crippen LogP contribution in [0.1, 0.15) is 16.7 Å². The maximum absolute atomic E-state index is 6.59. The number of benzene rings is 3. The van der Waals surface area contributed by atoms with Gasteiger partial charge in [-0.2, -0.15) is 0 Å². The second-order valence-corrected chi connectivity index (χ2v) is 9.08. The van der Waals surface area contributed by atoms with Crippen LogP contribution in [0.5, 0.6) is 0 Å². The van der Waals surface area contributed by atoms with Gasteiger partial charge in [0.25, 0.3) is 0 Å². The van der Waals surface area contributed by atoms with Gasteiger partial charge in [-0.05, 0) is 47.5 Å². The van der Waals surface area contributed by atoms with Crippen molar-refractivity contribution in [1.29, 1.82) is 0 Å². The third-order valence-corrected chi connectivity index (χ3v) is 6.55. The summed E-state index contributed by atoms with van der Waals surface area (Å²) in [4.78, 5) is 7.52. The fourth-order valence-electron chi connectivity index (χ4n) is 3.86. The highest BCUT2D eigenvalue weighted by molar-refractivity contribution is 7.95. The molecule has 0 atom stereocenters. The molecule has 4 rings (SSSR count). The van der Waals surface area contributed by atoms with E-state index in [1.165, 1.54) is 34.7 Å². The minimum Gasteiger partial charge on any atom is -0.378 e. The number of hydrogen-bond acceptors (Lipinski definition) is 5. The van der Waals surface area contributed by atoms with E-state index >= 15 is 0 Å². The molecule has 3 aromatic carbocycles. The Morgan fingerprint density at radius 1 is 0.600 bits per heavy atom. The lowest BCUT2D eigenvalue weighted by Gasteiger charge is -2.31. The average molecular weight is 420 g/mol. The fourth-order valence-corrected chi connectivity index (χ4v) is 4.83. The zero-order chi connectivity index (χ0) is 21.5. The smallest absolute Gasteiger partial charge is 0.159 e. The first-order chi connectivity index (χ1) is 14.3. The van der Waals surface area contributed by atoms with Crippen molar-refractivity contribution in [2.45, 2.75) is 10.5 Å². The van der Waals surface area contributed by atoms with E-state index in [2.05, 4.69) is 124 Å². The Morgan fingerprint density at radius 2 is 1.03 bits per heavy atom. The zero-order valence-electron chi connectivity index (χ0n) is 18.5. The van der Waals surface area contributed by atoms with Crippen molar-refractivity contribution in [3.8, 4) is 0 Å². The van der Waals surface area contributed by atoms with Crippen LogP contribution in [0.4, 0.5) is 17.1 Å². The molecule has 0 aromatic heterocycles. The maximum atomic E-state index is 6.59. The lowest BCUT2D eigenvalue weighted by Crippen LogP contribution is -2.28. The van der Waals surface area contributed by atoms with Crippen LogP contribution in [0.3, 0.4) is 0 Å². The van der Waals surface area contributed by atoms with Crippen molar-refractivity contribution in [2.75, 3.05) is 57.0 Å². The molecule has 0 bridgehead atoms. The maximum Gasteiger partial charge on any atom is 0.159 e. The number of anilines is 3. The molecule has 0 spiro atoms. The van der Waals surface area contributed by atoms with Crippen molar-refractivity contribution in [3.05, 3.63) is 83.4 Å². The Balaban J connectivity index is 1.89. The van der Waals surface area contributed by atoms with Gasteiger partial charge in [0.1, 0.15) is 0 Å².